The first-order valence-electron chi connectivity index (χ1n) is 7.38. The molecular weight excluding hydrogens is 306 g/mol. The molecule has 0 bridgehead atoms. The Bertz CT molecular complexity index is 1000. The molecule has 0 atom stereocenters. The minimum absolute atomic E-state index is 0.185. The molecule has 7 heteroatoms. The van der Waals surface area contributed by atoms with Gasteiger partial charge >= 0.3 is 0 Å². The highest BCUT2D eigenvalue weighted by molar-refractivity contribution is 5.93. The smallest absolute Gasteiger partial charge is 0.292 e. The predicted molar refractivity (Wildman–Crippen MR) is 94.8 cm³/mol. The summed E-state index contributed by atoms with van der Waals surface area (Å²) in [5.41, 5.74) is 10.1. The third-order valence-corrected chi connectivity index (χ3v) is 3.54. The Morgan fingerprint density at radius 1 is 1.21 bits per heavy atom. The van der Waals surface area contributed by atoms with Crippen molar-refractivity contribution in [2.75, 3.05) is 18.1 Å². The van der Waals surface area contributed by atoms with E-state index >= 15 is 0 Å². The zero-order valence-electron chi connectivity index (χ0n) is 13.3. The number of aldehydes is 1. The highest BCUT2D eigenvalue weighted by Crippen LogP contribution is 2.29. The van der Waals surface area contributed by atoms with E-state index in [1.54, 1.807) is 0 Å². The summed E-state index contributed by atoms with van der Waals surface area (Å²) in [6.07, 6.45) is 0.750. The van der Waals surface area contributed by atoms with Gasteiger partial charge in [0, 0.05) is 12.4 Å². The number of aromatic amines is 1. The summed E-state index contributed by atoms with van der Waals surface area (Å²) in [5, 5.41) is 11.4. The van der Waals surface area contributed by atoms with Crippen LogP contribution in [0.15, 0.2) is 40.8 Å². The van der Waals surface area contributed by atoms with Gasteiger partial charge in [-0.05, 0) is 42.3 Å². The van der Waals surface area contributed by atoms with Crippen LogP contribution in [0.1, 0.15) is 6.92 Å². The molecule has 0 aliphatic heterocycles. The molecule has 4 aromatic rings. The average Bonchev–Trinajstić information content (AvgIpc) is 3.15. The summed E-state index contributed by atoms with van der Waals surface area (Å²) >= 11 is 0. The second kappa shape index (κ2) is 6.41. The summed E-state index contributed by atoms with van der Waals surface area (Å²) in [5.74, 6) is 0.844. The van der Waals surface area contributed by atoms with Crippen molar-refractivity contribution in [1.82, 2.24) is 15.2 Å². The molecule has 0 amide bonds. The molecule has 2 heterocycles. The molecule has 0 radical (unpaired) electrons. The van der Waals surface area contributed by atoms with Crippen LogP contribution in [0.25, 0.3) is 33.1 Å². The number of aromatic nitrogens is 3. The lowest BCUT2D eigenvalue weighted by atomic mass is 10.0. The van der Waals surface area contributed by atoms with Gasteiger partial charge < -0.3 is 20.3 Å². The van der Waals surface area contributed by atoms with Crippen LogP contribution in [0.5, 0.6) is 0 Å². The molecule has 0 spiro atoms. The van der Waals surface area contributed by atoms with Gasteiger partial charge in [0.15, 0.2) is 11.4 Å². The Morgan fingerprint density at radius 2 is 1.92 bits per heavy atom. The minimum atomic E-state index is 0.185. The van der Waals surface area contributed by atoms with E-state index in [2.05, 4.69) is 32.6 Å². The fourth-order valence-corrected chi connectivity index (χ4v) is 2.51. The number of nitrogens with two attached hydrogens (primary N) is 1. The number of nitrogens with zero attached hydrogens (tertiary/aromatic N) is 2. The number of fused-ring (bicyclic) bond motifs is 2. The molecule has 4 rings (SSSR count). The predicted octanol–water partition coefficient (Wildman–Crippen LogP) is 3.20. The van der Waals surface area contributed by atoms with Crippen molar-refractivity contribution < 1.29 is 9.21 Å². The number of nitrogens with one attached hydrogen (secondary N) is 2. The number of anilines is 2. The molecular formula is C17H17N5O2. The third-order valence-electron chi connectivity index (χ3n) is 3.54. The Balaban J connectivity index is 0.000000526. The topological polar surface area (TPSA) is 110 Å². The first kappa shape index (κ1) is 15.5. The monoisotopic (exact) mass is 323 g/mol. The van der Waals surface area contributed by atoms with Crippen LogP contribution in [-0.4, -0.2) is 28.5 Å². The Morgan fingerprint density at radius 3 is 2.67 bits per heavy atom. The van der Waals surface area contributed by atoms with E-state index in [4.69, 9.17) is 14.9 Å². The van der Waals surface area contributed by atoms with Gasteiger partial charge in [-0.3, -0.25) is 5.10 Å². The maximum atomic E-state index is 8.81. The van der Waals surface area contributed by atoms with Gasteiger partial charge in [0.25, 0.3) is 6.01 Å². The molecule has 0 unspecified atom stereocenters. The van der Waals surface area contributed by atoms with Crippen molar-refractivity contribution in [2.24, 2.45) is 0 Å². The van der Waals surface area contributed by atoms with Gasteiger partial charge in [0.1, 0.15) is 11.8 Å². The molecule has 0 aliphatic carbocycles. The second-order valence-corrected chi connectivity index (χ2v) is 5.05. The van der Waals surface area contributed by atoms with Crippen LogP contribution in [0.4, 0.5) is 11.8 Å². The molecule has 0 fully saturated rings. The maximum Gasteiger partial charge on any atom is 0.292 e. The summed E-state index contributed by atoms with van der Waals surface area (Å²) < 4.78 is 5.29. The fourth-order valence-electron chi connectivity index (χ4n) is 2.51. The van der Waals surface area contributed by atoms with E-state index in [-0.39, 0.29) is 6.01 Å². The number of nitrogen functional groups attached to an aromatic ring is 1. The molecule has 7 nitrogen and oxygen atoms in total. The Labute approximate surface area is 137 Å². The Kier molecular flexibility index (Phi) is 4.15. The lowest BCUT2D eigenvalue weighted by molar-refractivity contribution is -0.106. The molecule has 2 aromatic heterocycles. The van der Waals surface area contributed by atoms with E-state index in [0.29, 0.717) is 5.58 Å². The van der Waals surface area contributed by atoms with Gasteiger partial charge in [-0.1, -0.05) is 12.1 Å². The average molecular weight is 323 g/mol. The fraction of sp³-hybridized carbons (Fsp3) is 0.118. The number of carbonyl (C=O) groups is 1. The molecule has 0 saturated heterocycles. The largest absolute Gasteiger partial charge is 0.424 e. The summed E-state index contributed by atoms with van der Waals surface area (Å²) in [7, 11) is 1.85. The zero-order chi connectivity index (χ0) is 17.1. The van der Waals surface area contributed by atoms with Crippen molar-refractivity contribution in [3.63, 3.8) is 0 Å². The second-order valence-electron chi connectivity index (χ2n) is 5.05. The first-order chi connectivity index (χ1) is 11.7. The molecule has 0 saturated carbocycles. The standard InChI is InChI=1S/C15H13N5O.C2H4O/c1-17-14-10-4-2-8(6-11(10)19-20-14)9-3-5-13-12(7-9)18-15(16)21-13;1-2-3/h2-7H,1H3,(H2,16,18)(H2,17,19,20);2H,1H3. The van der Waals surface area contributed by atoms with Crippen LogP contribution >= 0.6 is 0 Å². The summed E-state index contributed by atoms with van der Waals surface area (Å²) in [6.45, 7) is 1.44. The minimum Gasteiger partial charge on any atom is -0.424 e. The van der Waals surface area contributed by atoms with E-state index in [0.717, 1.165) is 39.7 Å². The molecule has 0 aliphatic rings. The van der Waals surface area contributed by atoms with Gasteiger partial charge in [-0.2, -0.15) is 10.1 Å². The molecule has 122 valence electrons. The zero-order valence-corrected chi connectivity index (χ0v) is 13.3. The third kappa shape index (κ3) is 2.79. The van der Waals surface area contributed by atoms with Crippen LogP contribution in [0, 0.1) is 0 Å². The van der Waals surface area contributed by atoms with Crippen LogP contribution in [0.3, 0.4) is 0 Å². The lowest BCUT2D eigenvalue weighted by Crippen LogP contribution is -1.87. The van der Waals surface area contributed by atoms with E-state index in [1.807, 2.05) is 31.3 Å². The van der Waals surface area contributed by atoms with Crippen molar-refractivity contribution in [3.05, 3.63) is 36.4 Å². The first-order valence-corrected chi connectivity index (χ1v) is 7.38. The molecule has 24 heavy (non-hydrogen) atoms. The van der Waals surface area contributed by atoms with Gasteiger partial charge in [0.2, 0.25) is 0 Å². The van der Waals surface area contributed by atoms with Gasteiger partial charge in [-0.25, -0.2) is 0 Å². The number of hydrogen-bond donors (Lipinski definition) is 3. The van der Waals surface area contributed by atoms with Crippen molar-refractivity contribution in [2.45, 2.75) is 6.92 Å². The summed E-state index contributed by atoms with van der Waals surface area (Å²) in [6, 6.07) is 12.2. The number of H-pyrrole nitrogens is 1. The van der Waals surface area contributed by atoms with Crippen molar-refractivity contribution in [1.29, 1.82) is 0 Å². The van der Waals surface area contributed by atoms with Crippen LogP contribution in [0.2, 0.25) is 0 Å². The molecule has 2 aromatic carbocycles. The summed E-state index contributed by atoms with van der Waals surface area (Å²) in [4.78, 5) is 13.0. The quantitative estimate of drug-likeness (QED) is 0.489. The number of benzene rings is 2. The highest BCUT2D eigenvalue weighted by Gasteiger charge is 2.08. The van der Waals surface area contributed by atoms with Gasteiger partial charge in [-0.15, -0.1) is 0 Å². The van der Waals surface area contributed by atoms with Crippen molar-refractivity contribution >= 4 is 40.1 Å². The lowest BCUT2D eigenvalue weighted by Gasteiger charge is -2.02. The van der Waals surface area contributed by atoms with E-state index in [9.17, 15) is 0 Å². The Hall–Kier alpha value is -3.35. The normalized spacial score (nSPS) is 10.4. The number of carbonyl (C=O) groups excluding carboxylic acids is 1. The number of rotatable bonds is 2. The highest BCUT2D eigenvalue weighted by atomic mass is 16.4. The maximum absolute atomic E-state index is 8.81. The van der Waals surface area contributed by atoms with Crippen molar-refractivity contribution in [3.8, 4) is 11.1 Å². The van der Waals surface area contributed by atoms with Crippen LogP contribution < -0.4 is 11.1 Å². The number of oxazole rings is 1. The molecule has 4 N–H and O–H groups in total. The van der Waals surface area contributed by atoms with Crippen LogP contribution in [-0.2, 0) is 4.79 Å². The number of hydrogen-bond acceptors (Lipinski definition) is 6. The SMILES string of the molecule is CC=O.CNc1n[nH]c2cc(-c3ccc4oc(N)nc4c3)ccc12. The van der Waals surface area contributed by atoms with Gasteiger partial charge in [0.05, 0.1) is 5.52 Å². The van der Waals surface area contributed by atoms with E-state index in [1.165, 1.54) is 6.92 Å². The van der Waals surface area contributed by atoms with E-state index < -0.39 is 0 Å².